The molecule has 0 aromatic heterocycles. The van der Waals surface area contributed by atoms with Crippen molar-refractivity contribution >= 4 is 11.9 Å². The van der Waals surface area contributed by atoms with Crippen LogP contribution in [-0.4, -0.2) is 103 Å². The van der Waals surface area contributed by atoms with E-state index in [0.717, 1.165) is 37.8 Å². The highest BCUT2D eigenvalue weighted by molar-refractivity contribution is 5.79. The van der Waals surface area contributed by atoms with E-state index in [1.54, 1.807) is 12.1 Å². The molecule has 4 rings (SSSR count). The van der Waals surface area contributed by atoms with Crippen molar-refractivity contribution in [2.24, 2.45) is 5.92 Å². The van der Waals surface area contributed by atoms with Gasteiger partial charge in [-0.25, -0.2) is 0 Å². The summed E-state index contributed by atoms with van der Waals surface area (Å²) >= 11 is 0. The summed E-state index contributed by atoms with van der Waals surface area (Å²) in [5.74, 6) is -0.106. The summed E-state index contributed by atoms with van der Waals surface area (Å²) in [6.45, 7) is 5.33. The molecule has 0 saturated carbocycles. The smallest absolute Gasteiger partial charge is 0.308 e. The van der Waals surface area contributed by atoms with Crippen LogP contribution < -0.4 is 14.2 Å². The number of carbonyl (C=O) groups excluding carboxylic acids is 1. The number of likely N-dealkylation sites (tertiary alicyclic amines) is 1. The van der Waals surface area contributed by atoms with Crippen LogP contribution in [0.1, 0.15) is 56.1 Å². The van der Waals surface area contributed by atoms with E-state index in [-0.39, 0.29) is 38.4 Å². The molecule has 2 aromatic rings. The molecule has 10 heteroatoms. The van der Waals surface area contributed by atoms with E-state index in [9.17, 15) is 19.8 Å². The van der Waals surface area contributed by atoms with Crippen molar-refractivity contribution in [3.05, 3.63) is 53.6 Å². The number of amides is 1. The van der Waals surface area contributed by atoms with Crippen LogP contribution in [0, 0.1) is 5.92 Å². The van der Waals surface area contributed by atoms with Crippen molar-refractivity contribution in [1.82, 2.24) is 14.7 Å². The number of unbranched alkanes of at least 4 members (excludes halogenated alkanes) is 2. The minimum absolute atomic E-state index is 0.0327. The van der Waals surface area contributed by atoms with Gasteiger partial charge >= 0.3 is 5.97 Å². The second-order valence-electron chi connectivity index (χ2n) is 11.7. The molecular weight excluding hydrogens is 550 g/mol. The van der Waals surface area contributed by atoms with Crippen LogP contribution in [0.15, 0.2) is 42.5 Å². The summed E-state index contributed by atoms with van der Waals surface area (Å²) in [4.78, 5) is 32.7. The van der Waals surface area contributed by atoms with Gasteiger partial charge in [-0.15, -0.1) is 0 Å². The second-order valence-corrected chi connectivity index (χ2v) is 11.7. The number of carboxylic acid groups (broad SMARTS) is 1. The van der Waals surface area contributed by atoms with E-state index in [0.29, 0.717) is 48.9 Å². The normalized spacial score (nSPS) is 19.6. The molecule has 43 heavy (non-hydrogen) atoms. The average Bonchev–Trinajstić information content (AvgIpc) is 3.61. The van der Waals surface area contributed by atoms with Crippen molar-refractivity contribution in [2.75, 3.05) is 60.2 Å². The van der Waals surface area contributed by atoms with Gasteiger partial charge in [0.2, 0.25) is 12.7 Å². The first-order valence-corrected chi connectivity index (χ1v) is 15.4. The Morgan fingerprint density at radius 2 is 1.77 bits per heavy atom. The zero-order valence-corrected chi connectivity index (χ0v) is 25.7. The van der Waals surface area contributed by atoms with Gasteiger partial charge in [0.05, 0.1) is 25.7 Å². The maximum atomic E-state index is 13.8. The number of aliphatic carboxylic acids is 1. The number of benzene rings is 2. The van der Waals surface area contributed by atoms with E-state index in [2.05, 4.69) is 25.9 Å². The van der Waals surface area contributed by atoms with Crippen molar-refractivity contribution in [1.29, 1.82) is 0 Å². The second kappa shape index (κ2) is 15.9. The number of carboxylic acids is 1. The van der Waals surface area contributed by atoms with Crippen LogP contribution in [0.2, 0.25) is 0 Å². The molecule has 1 saturated heterocycles. The van der Waals surface area contributed by atoms with Crippen molar-refractivity contribution in [2.45, 2.75) is 57.6 Å². The van der Waals surface area contributed by atoms with Gasteiger partial charge in [-0.3, -0.25) is 14.5 Å². The Bertz CT molecular complexity index is 1210. The van der Waals surface area contributed by atoms with Gasteiger partial charge in [-0.1, -0.05) is 37.6 Å². The molecule has 3 atom stereocenters. The van der Waals surface area contributed by atoms with Crippen LogP contribution in [-0.2, 0) is 16.2 Å². The number of aliphatic hydroxyl groups is 1. The highest BCUT2D eigenvalue weighted by Gasteiger charge is 2.47. The molecular formula is C33H47N3O7. The number of hydrogen-bond acceptors (Lipinski definition) is 8. The maximum absolute atomic E-state index is 13.8. The maximum Gasteiger partial charge on any atom is 0.308 e. The Kier molecular flexibility index (Phi) is 12.1. The lowest BCUT2D eigenvalue weighted by Gasteiger charge is -2.30. The highest BCUT2D eigenvalue weighted by Crippen LogP contribution is 2.42. The van der Waals surface area contributed by atoms with E-state index in [4.69, 9.17) is 14.2 Å². The Labute approximate surface area is 255 Å². The molecule has 0 spiro atoms. The van der Waals surface area contributed by atoms with Crippen molar-refractivity contribution in [3.8, 4) is 17.2 Å². The first-order valence-electron chi connectivity index (χ1n) is 15.4. The first-order chi connectivity index (χ1) is 20.8. The molecule has 236 valence electrons. The molecule has 2 N–H and O–H groups in total. The Balaban J connectivity index is 1.54. The summed E-state index contributed by atoms with van der Waals surface area (Å²) in [5.41, 5.74) is 1.53. The predicted molar refractivity (Wildman–Crippen MR) is 164 cm³/mol. The van der Waals surface area contributed by atoms with Gasteiger partial charge in [0.15, 0.2) is 11.5 Å². The molecule has 1 fully saturated rings. The fraction of sp³-hybridized carbons (Fsp3) is 0.576. The van der Waals surface area contributed by atoms with Gasteiger partial charge in [0, 0.05) is 37.2 Å². The van der Waals surface area contributed by atoms with Gasteiger partial charge in [-0.2, -0.15) is 0 Å². The number of carbonyl (C=O) groups is 2. The van der Waals surface area contributed by atoms with Crippen LogP contribution in [0.5, 0.6) is 17.2 Å². The summed E-state index contributed by atoms with van der Waals surface area (Å²) in [5, 5.41) is 20.2. The number of hydrogen-bond donors (Lipinski definition) is 2. The highest BCUT2D eigenvalue weighted by atomic mass is 16.7. The van der Waals surface area contributed by atoms with Crippen molar-refractivity contribution in [3.63, 3.8) is 0 Å². The number of para-hydroxylation sites is 1. The van der Waals surface area contributed by atoms with E-state index in [1.807, 2.05) is 40.1 Å². The molecule has 0 radical (unpaired) electrons. The van der Waals surface area contributed by atoms with Gasteiger partial charge in [0.25, 0.3) is 0 Å². The van der Waals surface area contributed by atoms with Gasteiger partial charge in [-0.05, 0) is 70.1 Å². The van der Waals surface area contributed by atoms with Crippen LogP contribution in [0.4, 0.5) is 0 Å². The fourth-order valence-corrected chi connectivity index (χ4v) is 6.11. The Hall–Kier alpha value is -3.34. The predicted octanol–water partition coefficient (Wildman–Crippen LogP) is 3.82. The van der Waals surface area contributed by atoms with Gasteiger partial charge < -0.3 is 34.2 Å². The zero-order chi connectivity index (χ0) is 30.8. The third kappa shape index (κ3) is 8.61. The van der Waals surface area contributed by atoms with Gasteiger partial charge in [0.1, 0.15) is 5.75 Å². The lowest BCUT2D eigenvalue weighted by atomic mass is 9.84. The summed E-state index contributed by atoms with van der Waals surface area (Å²) in [6, 6.07) is 12.5. The first kappa shape index (κ1) is 32.6. The lowest BCUT2D eigenvalue weighted by molar-refractivity contribution is -0.144. The minimum atomic E-state index is -0.898. The van der Waals surface area contributed by atoms with E-state index < -0.39 is 17.9 Å². The molecule has 2 heterocycles. The zero-order valence-electron chi connectivity index (χ0n) is 25.7. The summed E-state index contributed by atoms with van der Waals surface area (Å²) in [6.07, 6.45) is 4.27. The number of rotatable bonds is 17. The monoisotopic (exact) mass is 597 g/mol. The SMILES string of the molecule is CCCCN(CCCCN(C)C)C(=O)CN1C[C@H](c2ccc3c(c2)OCO3)[C@@H](C(=O)O)[C@@H]1CCOc1ccccc1CO. The number of fused-ring (bicyclic) bond motifs is 1. The standard InChI is InChI=1S/C33H47N3O7/c1-4-5-16-35(17-9-8-15-34(2)3)31(38)21-36-20-26(24-12-13-29-30(19-24)43-23-42-29)32(33(39)40)27(36)14-18-41-28-11-7-6-10-25(28)22-37/h6-7,10-13,19,26-27,32,37H,4-5,8-9,14-18,20-23H2,1-3H3,(H,39,40)/t26-,27+,32-/m1/s1. The molecule has 10 nitrogen and oxygen atoms in total. The number of aliphatic hydroxyl groups excluding tert-OH is 1. The Morgan fingerprint density at radius 3 is 2.51 bits per heavy atom. The topological polar surface area (TPSA) is 112 Å². The van der Waals surface area contributed by atoms with E-state index >= 15 is 0 Å². The molecule has 0 unspecified atom stereocenters. The summed E-state index contributed by atoms with van der Waals surface area (Å²) < 4.78 is 17.1. The quantitative estimate of drug-likeness (QED) is 0.263. The largest absolute Gasteiger partial charge is 0.493 e. The molecule has 0 bridgehead atoms. The molecule has 2 aromatic carbocycles. The number of ether oxygens (including phenoxy) is 3. The molecule has 2 aliphatic heterocycles. The molecule has 1 amide bonds. The van der Waals surface area contributed by atoms with Crippen molar-refractivity contribution < 1.29 is 34.0 Å². The third-order valence-electron chi connectivity index (χ3n) is 8.43. The molecule has 2 aliphatic rings. The lowest BCUT2D eigenvalue weighted by Crippen LogP contribution is -2.45. The third-order valence-corrected chi connectivity index (χ3v) is 8.43. The van der Waals surface area contributed by atoms with E-state index in [1.165, 1.54) is 0 Å². The van der Waals surface area contributed by atoms with Crippen LogP contribution >= 0.6 is 0 Å². The molecule has 0 aliphatic carbocycles. The average molecular weight is 598 g/mol. The fourth-order valence-electron chi connectivity index (χ4n) is 6.11. The summed E-state index contributed by atoms with van der Waals surface area (Å²) in [7, 11) is 4.10. The van der Waals surface area contributed by atoms with Crippen LogP contribution in [0.25, 0.3) is 0 Å². The Morgan fingerprint density at radius 1 is 1.02 bits per heavy atom. The minimum Gasteiger partial charge on any atom is -0.493 e. The number of nitrogens with zero attached hydrogens (tertiary/aromatic N) is 3. The van der Waals surface area contributed by atoms with Crippen LogP contribution in [0.3, 0.4) is 0 Å².